The summed E-state index contributed by atoms with van der Waals surface area (Å²) in [6.07, 6.45) is 0. The van der Waals surface area contributed by atoms with E-state index in [1.807, 2.05) is 50.2 Å². The maximum atomic E-state index is 6.30. The van der Waals surface area contributed by atoms with Gasteiger partial charge in [0.15, 0.2) is 0 Å². The molecule has 192 valence electrons. The smallest absolute Gasteiger partial charge is 0.133 e. The standard InChI is InChI=1S/C33H38N2O2/c1-19-17-27(9-11-29(19)34)36-31-21(3)13-25(14-22(31)4)33(7,8)26-15-23(5)32(24(6)16-26)37-28-10-12-30(35)20(2)18-28/h9-18H,34-35H2,1-8H3. The molecule has 0 aliphatic carbocycles. The molecule has 4 aromatic carbocycles. The molecule has 0 aliphatic rings. The van der Waals surface area contributed by atoms with E-state index in [1.165, 1.54) is 11.1 Å². The fourth-order valence-corrected chi connectivity index (χ4v) is 4.77. The summed E-state index contributed by atoms with van der Waals surface area (Å²) in [7, 11) is 0. The Hall–Kier alpha value is -3.92. The Morgan fingerprint density at radius 1 is 0.486 bits per heavy atom. The number of rotatable bonds is 6. The third kappa shape index (κ3) is 5.29. The quantitative estimate of drug-likeness (QED) is 0.263. The van der Waals surface area contributed by atoms with Crippen LogP contribution >= 0.6 is 0 Å². The molecular weight excluding hydrogens is 456 g/mol. The molecule has 0 bridgehead atoms. The molecule has 4 rings (SSSR count). The van der Waals surface area contributed by atoms with Gasteiger partial charge in [-0.1, -0.05) is 38.1 Å². The maximum absolute atomic E-state index is 6.30. The predicted molar refractivity (Wildman–Crippen MR) is 155 cm³/mol. The van der Waals surface area contributed by atoms with E-state index in [4.69, 9.17) is 20.9 Å². The molecule has 0 heterocycles. The summed E-state index contributed by atoms with van der Waals surface area (Å²) in [5, 5.41) is 0. The fraction of sp³-hybridized carbons (Fsp3) is 0.273. The van der Waals surface area contributed by atoms with Crippen LogP contribution < -0.4 is 20.9 Å². The Morgan fingerprint density at radius 3 is 1.11 bits per heavy atom. The van der Waals surface area contributed by atoms with Gasteiger partial charge in [-0.3, -0.25) is 0 Å². The van der Waals surface area contributed by atoms with E-state index >= 15 is 0 Å². The second-order valence-electron chi connectivity index (χ2n) is 10.7. The van der Waals surface area contributed by atoms with Crippen LogP contribution in [0.5, 0.6) is 23.0 Å². The first-order valence-corrected chi connectivity index (χ1v) is 12.7. The van der Waals surface area contributed by atoms with Crippen LogP contribution in [0.4, 0.5) is 11.4 Å². The van der Waals surface area contributed by atoms with Gasteiger partial charge in [0.2, 0.25) is 0 Å². The lowest BCUT2D eigenvalue weighted by Crippen LogP contribution is -2.20. The first kappa shape index (κ1) is 26.2. The van der Waals surface area contributed by atoms with Gasteiger partial charge in [0.1, 0.15) is 23.0 Å². The third-order valence-corrected chi connectivity index (χ3v) is 7.29. The van der Waals surface area contributed by atoms with Crippen molar-refractivity contribution in [1.29, 1.82) is 0 Å². The molecule has 4 nitrogen and oxygen atoms in total. The normalized spacial score (nSPS) is 11.5. The van der Waals surface area contributed by atoms with Crippen molar-refractivity contribution in [2.24, 2.45) is 0 Å². The number of nitrogens with two attached hydrogens (primary N) is 2. The SMILES string of the molecule is Cc1cc(Oc2c(C)cc(C(C)(C)c3cc(C)c(Oc4ccc(N)c(C)c4)c(C)c3)cc2C)ccc1N. The number of hydrogen-bond donors (Lipinski definition) is 2. The molecule has 4 N–H and O–H groups in total. The molecule has 0 fully saturated rings. The first-order valence-electron chi connectivity index (χ1n) is 12.7. The van der Waals surface area contributed by atoms with E-state index in [-0.39, 0.29) is 5.41 Å². The Morgan fingerprint density at radius 2 is 0.811 bits per heavy atom. The van der Waals surface area contributed by atoms with Gasteiger partial charge in [-0.15, -0.1) is 0 Å². The average Bonchev–Trinajstić information content (AvgIpc) is 2.82. The van der Waals surface area contributed by atoms with Crippen LogP contribution in [0.15, 0.2) is 60.7 Å². The minimum absolute atomic E-state index is 0.211. The topological polar surface area (TPSA) is 70.5 Å². The Balaban J connectivity index is 1.65. The highest BCUT2D eigenvalue weighted by molar-refractivity contribution is 5.56. The van der Waals surface area contributed by atoms with Crippen LogP contribution in [-0.2, 0) is 5.41 Å². The van der Waals surface area contributed by atoms with E-state index in [0.29, 0.717) is 0 Å². The summed E-state index contributed by atoms with van der Waals surface area (Å²) in [5.74, 6) is 3.36. The lowest BCUT2D eigenvalue weighted by atomic mass is 9.76. The molecule has 37 heavy (non-hydrogen) atoms. The maximum Gasteiger partial charge on any atom is 0.133 e. The Bertz CT molecular complexity index is 1330. The Labute approximate surface area is 221 Å². The van der Waals surface area contributed by atoms with E-state index < -0.39 is 0 Å². The molecular formula is C33H38N2O2. The van der Waals surface area contributed by atoms with Gasteiger partial charge in [0, 0.05) is 16.8 Å². The second-order valence-corrected chi connectivity index (χ2v) is 10.7. The third-order valence-electron chi connectivity index (χ3n) is 7.29. The predicted octanol–water partition coefficient (Wildman–Crippen LogP) is 8.61. The van der Waals surface area contributed by atoms with Gasteiger partial charge < -0.3 is 20.9 Å². The van der Waals surface area contributed by atoms with Gasteiger partial charge in [-0.25, -0.2) is 0 Å². The van der Waals surface area contributed by atoms with Crippen molar-refractivity contribution in [3.05, 3.63) is 105 Å². The van der Waals surface area contributed by atoms with Crippen molar-refractivity contribution in [2.45, 2.75) is 60.8 Å². The first-order chi connectivity index (χ1) is 17.4. The number of benzene rings is 4. The highest BCUT2D eigenvalue weighted by atomic mass is 16.5. The van der Waals surface area contributed by atoms with Crippen molar-refractivity contribution < 1.29 is 9.47 Å². The van der Waals surface area contributed by atoms with Gasteiger partial charge in [-0.05, 0) is 122 Å². The fourth-order valence-electron chi connectivity index (χ4n) is 4.77. The molecule has 4 aromatic rings. The highest BCUT2D eigenvalue weighted by Gasteiger charge is 2.26. The summed E-state index contributed by atoms with van der Waals surface area (Å²) in [6, 6.07) is 20.5. The van der Waals surface area contributed by atoms with E-state index in [1.54, 1.807) is 0 Å². The summed E-state index contributed by atoms with van der Waals surface area (Å²) >= 11 is 0. The molecule has 0 amide bonds. The zero-order valence-corrected chi connectivity index (χ0v) is 23.2. The van der Waals surface area contributed by atoms with Crippen LogP contribution in [-0.4, -0.2) is 0 Å². The van der Waals surface area contributed by atoms with Crippen molar-refractivity contribution in [2.75, 3.05) is 11.5 Å². The van der Waals surface area contributed by atoms with Gasteiger partial charge in [0.25, 0.3) is 0 Å². The van der Waals surface area contributed by atoms with E-state index in [2.05, 4.69) is 65.8 Å². The zero-order chi connectivity index (χ0) is 27.1. The summed E-state index contributed by atoms with van der Waals surface area (Å²) < 4.78 is 12.6. The van der Waals surface area contributed by atoms with Gasteiger partial charge >= 0.3 is 0 Å². The van der Waals surface area contributed by atoms with Gasteiger partial charge in [0.05, 0.1) is 0 Å². The van der Waals surface area contributed by atoms with Crippen LogP contribution in [0.25, 0.3) is 0 Å². The zero-order valence-electron chi connectivity index (χ0n) is 23.2. The number of anilines is 2. The van der Waals surface area contributed by atoms with Crippen LogP contribution in [0.3, 0.4) is 0 Å². The lowest BCUT2D eigenvalue weighted by molar-refractivity contribution is 0.472. The minimum atomic E-state index is -0.211. The molecule has 0 saturated heterocycles. The molecule has 0 atom stereocenters. The second kappa shape index (κ2) is 9.85. The molecule has 0 spiro atoms. The highest BCUT2D eigenvalue weighted by Crippen LogP contribution is 2.40. The summed E-state index contributed by atoms with van der Waals surface area (Å²) in [4.78, 5) is 0. The average molecular weight is 495 g/mol. The molecule has 0 saturated carbocycles. The minimum Gasteiger partial charge on any atom is -0.457 e. The largest absolute Gasteiger partial charge is 0.457 e. The summed E-state index contributed by atoms with van der Waals surface area (Å²) in [5.41, 5.74) is 22.2. The van der Waals surface area contributed by atoms with Crippen molar-refractivity contribution in [3.63, 3.8) is 0 Å². The van der Waals surface area contributed by atoms with Crippen molar-refractivity contribution in [1.82, 2.24) is 0 Å². The number of aryl methyl sites for hydroxylation is 6. The van der Waals surface area contributed by atoms with E-state index in [9.17, 15) is 0 Å². The van der Waals surface area contributed by atoms with Crippen LogP contribution in [0.2, 0.25) is 0 Å². The molecule has 4 heteroatoms. The van der Waals surface area contributed by atoms with E-state index in [0.717, 1.165) is 67.8 Å². The van der Waals surface area contributed by atoms with Crippen LogP contribution in [0, 0.1) is 41.5 Å². The molecule has 0 aliphatic heterocycles. The molecule has 0 unspecified atom stereocenters. The molecule has 0 radical (unpaired) electrons. The number of ether oxygens (including phenoxy) is 2. The number of nitrogen functional groups attached to an aromatic ring is 2. The lowest BCUT2D eigenvalue weighted by Gasteiger charge is -2.29. The Kier molecular flexibility index (Phi) is 6.96. The summed E-state index contributed by atoms with van der Waals surface area (Å²) in [6.45, 7) is 16.9. The number of hydrogen-bond acceptors (Lipinski definition) is 4. The van der Waals surface area contributed by atoms with Crippen molar-refractivity contribution >= 4 is 11.4 Å². The monoisotopic (exact) mass is 494 g/mol. The van der Waals surface area contributed by atoms with Gasteiger partial charge in [-0.2, -0.15) is 0 Å². The molecule has 0 aromatic heterocycles. The van der Waals surface area contributed by atoms with Crippen LogP contribution in [0.1, 0.15) is 58.4 Å². The van der Waals surface area contributed by atoms with Crippen molar-refractivity contribution in [3.8, 4) is 23.0 Å².